The first-order chi connectivity index (χ1) is 15.2. The summed E-state index contributed by atoms with van der Waals surface area (Å²) in [7, 11) is 0. The third-order valence-corrected chi connectivity index (χ3v) is 6.67. The van der Waals surface area contributed by atoms with E-state index in [1.165, 1.54) is 10.8 Å². The molecule has 0 amide bonds. The van der Waals surface area contributed by atoms with Crippen LogP contribution in [0.5, 0.6) is 0 Å². The molecule has 2 aliphatic heterocycles. The summed E-state index contributed by atoms with van der Waals surface area (Å²) in [6.07, 6.45) is 3.39. The van der Waals surface area contributed by atoms with Crippen LogP contribution in [0, 0.1) is 0 Å². The molecule has 3 aromatic rings. The van der Waals surface area contributed by atoms with E-state index in [-0.39, 0.29) is 43.3 Å². The van der Waals surface area contributed by atoms with Crippen LogP contribution in [-0.4, -0.2) is 71.9 Å². The highest BCUT2D eigenvalue weighted by molar-refractivity contribution is 5.95. The summed E-state index contributed by atoms with van der Waals surface area (Å²) in [5, 5.41) is 12.2. The number of fused-ring (bicyclic) bond motifs is 1. The van der Waals surface area contributed by atoms with Crippen molar-refractivity contribution in [2.24, 2.45) is 0 Å². The molecule has 0 unspecified atom stereocenters. The minimum atomic E-state index is -0.171. The average Bonchev–Trinajstić information content (AvgIpc) is 2.84. The number of halogens is 3. The maximum Gasteiger partial charge on any atom is 0.137 e. The van der Waals surface area contributed by atoms with E-state index in [0.717, 1.165) is 81.5 Å². The second-order valence-electron chi connectivity index (χ2n) is 8.60. The summed E-state index contributed by atoms with van der Waals surface area (Å²) in [5.41, 5.74) is 2.01. The molecule has 1 aromatic carbocycles. The van der Waals surface area contributed by atoms with Gasteiger partial charge in [0.05, 0.1) is 11.8 Å². The van der Waals surface area contributed by atoms with Gasteiger partial charge in [-0.25, -0.2) is 9.97 Å². The van der Waals surface area contributed by atoms with Gasteiger partial charge in [-0.05, 0) is 43.0 Å². The van der Waals surface area contributed by atoms with Gasteiger partial charge in [0, 0.05) is 56.4 Å². The van der Waals surface area contributed by atoms with Gasteiger partial charge in [0.1, 0.15) is 11.6 Å². The van der Waals surface area contributed by atoms with Crippen LogP contribution in [0.25, 0.3) is 22.0 Å². The molecule has 4 heterocycles. The molecule has 0 spiro atoms. The molecule has 0 atom stereocenters. The van der Waals surface area contributed by atoms with E-state index >= 15 is 0 Å². The Bertz CT molecular complexity index is 1040. The standard InChI is InChI=1S/C25H31N5O.3ClH/c1-2-28-13-15-30(16-14-28)25-22-6-4-3-5-19(22)17-23(27-25)20-7-8-24(26-18-20)29-11-9-21(31)10-12-29;;;/h3-8,17-18,21,31H,2,9-16H2,1H3;3*1H. The molecule has 0 bridgehead atoms. The lowest BCUT2D eigenvalue weighted by atomic mass is 10.1. The van der Waals surface area contributed by atoms with Crippen LogP contribution < -0.4 is 9.80 Å². The van der Waals surface area contributed by atoms with E-state index in [0.29, 0.717) is 0 Å². The minimum Gasteiger partial charge on any atom is -0.393 e. The Morgan fingerprint density at radius 2 is 1.59 bits per heavy atom. The van der Waals surface area contributed by atoms with E-state index in [9.17, 15) is 5.11 Å². The SMILES string of the molecule is CCN1CCN(c2nc(-c3ccc(N4CCC(O)CC4)nc3)cc3ccccc23)CC1.Cl.Cl.Cl. The summed E-state index contributed by atoms with van der Waals surface area (Å²) < 4.78 is 0. The summed E-state index contributed by atoms with van der Waals surface area (Å²) in [5.74, 6) is 2.06. The highest BCUT2D eigenvalue weighted by Crippen LogP contribution is 2.31. The number of piperazine rings is 1. The zero-order valence-electron chi connectivity index (χ0n) is 19.5. The highest BCUT2D eigenvalue weighted by Gasteiger charge is 2.21. The van der Waals surface area contributed by atoms with E-state index < -0.39 is 0 Å². The molecular weight excluding hydrogens is 493 g/mol. The number of pyridine rings is 2. The lowest BCUT2D eigenvalue weighted by Gasteiger charge is -2.35. The van der Waals surface area contributed by atoms with Gasteiger partial charge in [0.2, 0.25) is 0 Å². The molecule has 2 aliphatic rings. The maximum absolute atomic E-state index is 9.75. The molecule has 34 heavy (non-hydrogen) atoms. The second-order valence-corrected chi connectivity index (χ2v) is 8.60. The van der Waals surface area contributed by atoms with Crippen molar-refractivity contribution in [3.8, 4) is 11.3 Å². The van der Waals surface area contributed by atoms with E-state index in [1.807, 2.05) is 6.20 Å². The molecule has 2 fully saturated rings. The average molecular weight is 527 g/mol. The topological polar surface area (TPSA) is 55.7 Å². The van der Waals surface area contributed by atoms with Crippen LogP contribution in [0.15, 0.2) is 48.7 Å². The number of anilines is 2. The smallest absolute Gasteiger partial charge is 0.137 e. The number of benzene rings is 1. The molecule has 5 rings (SSSR count). The predicted octanol–water partition coefficient (Wildman–Crippen LogP) is 4.67. The molecule has 9 heteroatoms. The minimum absolute atomic E-state index is 0. The number of hydrogen-bond acceptors (Lipinski definition) is 6. The number of hydrogen-bond donors (Lipinski definition) is 1. The Balaban J connectivity index is 0.00000136. The quantitative estimate of drug-likeness (QED) is 0.533. The Labute approximate surface area is 220 Å². The van der Waals surface area contributed by atoms with Crippen molar-refractivity contribution in [2.75, 3.05) is 55.6 Å². The highest BCUT2D eigenvalue weighted by atomic mass is 35.5. The van der Waals surface area contributed by atoms with Crippen molar-refractivity contribution in [3.63, 3.8) is 0 Å². The van der Waals surface area contributed by atoms with Crippen LogP contribution in [0.1, 0.15) is 19.8 Å². The van der Waals surface area contributed by atoms with Gasteiger partial charge in [-0.2, -0.15) is 0 Å². The Morgan fingerprint density at radius 1 is 0.882 bits per heavy atom. The third kappa shape index (κ3) is 6.04. The summed E-state index contributed by atoms with van der Waals surface area (Å²) in [6.45, 7) is 9.22. The van der Waals surface area contributed by atoms with E-state index in [2.05, 4.69) is 64.1 Å². The van der Waals surface area contributed by atoms with Gasteiger partial charge in [0.25, 0.3) is 0 Å². The molecule has 2 saturated heterocycles. The number of aliphatic hydroxyl groups excluding tert-OH is 1. The van der Waals surface area contributed by atoms with E-state index in [1.54, 1.807) is 0 Å². The Kier molecular flexibility index (Phi) is 10.7. The number of aliphatic hydroxyl groups is 1. The number of nitrogens with zero attached hydrogens (tertiary/aromatic N) is 5. The first-order valence-corrected chi connectivity index (χ1v) is 11.5. The molecular formula is C25H34Cl3N5O. The van der Waals surface area contributed by atoms with Crippen molar-refractivity contribution in [1.29, 1.82) is 0 Å². The predicted molar refractivity (Wildman–Crippen MR) is 148 cm³/mol. The van der Waals surface area contributed by atoms with Gasteiger partial charge >= 0.3 is 0 Å². The lowest BCUT2D eigenvalue weighted by Crippen LogP contribution is -2.46. The van der Waals surface area contributed by atoms with Crippen molar-refractivity contribution in [2.45, 2.75) is 25.9 Å². The lowest BCUT2D eigenvalue weighted by molar-refractivity contribution is 0.145. The third-order valence-electron chi connectivity index (χ3n) is 6.67. The van der Waals surface area contributed by atoms with Crippen molar-refractivity contribution in [3.05, 3.63) is 48.7 Å². The van der Waals surface area contributed by atoms with Gasteiger partial charge in [-0.15, -0.1) is 37.2 Å². The van der Waals surface area contributed by atoms with Crippen molar-refractivity contribution >= 4 is 59.6 Å². The fraction of sp³-hybridized carbons (Fsp3) is 0.440. The normalized spacial score (nSPS) is 17.0. The first kappa shape index (κ1) is 28.4. The molecule has 1 N–H and O–H groups in total. The molecule has 0 radical (unpaired) electrons. The maximum atomic E-state index is 9.75. The van der Waals surface area contributed by atoms with Crippen LogP contribution in [0.2, 0.25) is 0 Å². The number of aromatic nitrogens is 2. The fourth-order valence-electron chi connectivity index (χ4n) is 4.66. The number of likely N-dealkylation sites (N-methyl/N-ethyl adjacent to an activating group) is 1. The van der Waals surface area contributed by atoms with Crippen LogP contribution >= 0.6 is 37.2 Å². The van der Waals surface area contributed by atoms with Gasteiger partial charge in [-0.3, -0.25) is 0 Å². The van der Waals surface area contributed by atoms with Crippen LogP contribution in [-0.2, 0) is 0 Å². The van der Waals surface area contributed by atoms with Gasteiger partial charge < -0.3 is 19.8 Å². The summed E-state index contributed by atoms with van der Waals surface area (Å²) in [4.78, 5) is 17.0. The first-order valence-electron chi connectivity index (χ1n) is 11.5. The van der Waals surface area contributed by atoms with Crippen LogP contribution in [0.4, 0.5) is 11.6 Å². The molecule has 2 aromatic heterocycles. The van der Waals surface area contributed by atoms with Crippen molar-refractivity contribution < 1.29 is 5.11 Å². The molecule has 0 saturated carbocycles. The molecule has 0 aliphatic carbocycles. The van der Waals surface area contributed by atoms with E-state index in [4.69, 9.17) is 9.97 Å². The zero-order valence-corrected chi connectivity index (χ0v) is 21.9. The molecule has 6 nitrogen and oxygen atoms in total. The Hall–Kier alpha value is -1.83. The number of piperidine rings is 1. The van der Waals surface area contributed by atoms with Gasteiger partial charge in [0.15, 0.2) is 0 Å². The van der Waals surface area contributed by atoms with Gasteiger partial charge in [-0.1, -0.05) is 31.2 Å². The Morgan fingerprint density at radius 3 is 2.24 bits per heavy atom. The number of rotatable bonds is 4. The van der Waals surface area contributed by atoms with Crippen LogP contribution in [0.3, 0.4) is 0 Å². The zero-order chi connectivity index (χ0) is 21.2. The largest absolute Gasteiger partial charge is 0.393 e. The second kappa shape index (κ2) is 12.8. The summed E-state index contributed by atoms with van der Waals surface area (Å²) >= 11 is 0. The molecule has 186 valence electrons. The monoisotopic (exact) mass is 525 g/mol. The van der Waals surface area contributed by atoms with Crippen molar-refractivity contribution in [1.82, 2.24) is 14.9 Å². The fourth-order valence-corrected chi connectivity index (χ4v) is 4.66. The summed E-state index contributed by atoms with van der Waals surface area (Å²) in [6, 6.07) is 14.9.